The number of amides is 2. The van der Waals surface area contributed by atoms with Gasteiger partial charge in [-0.25, -0.2) is 13.2 Å². The molecule has 11 heteroatoms. The lowest BCUT2D eigenvalue weighted by molar-refractivity contribution is 0.127. The van der Waals surface area contributed by atoms with Gasteiger partial charge in [0.25, 0.3) is 0 Å². The van der Waals surface area contributed by atoms with Crippen molar-refractivity contribution >= 4 is 27.6 Å². The molecule has 0 radical (unpaired) electrons. The Morgan fingerprint density at radius 2 is 2.00 bits per heavy atom. The Balaban J connectivity index is 1.48. The molecule has 0 bridgehead atoms. The highest BCUT2D eigenvalue weighted by Crippen LogP contribution is 2.29. The van der Waals surface area contributed by atoms with Gasteiger partial charge in [-0.2, -0.15) is 9.40 Å². The van der Waals surface area contributed by atoms with Crippen LogP contribution in [0.5, 0.6) is 0 Å². The minimum absolute atomic E-state index is 0.0236. The van der Waals surface area contributed by atoms with Crippen LogP contribution in [0.2, 0.25) is 0 Å². The van der Waals surface area contributed by atoms with E-state index >= 15 is 0 Å². The van der Waals surface area contributed by atoms with Crippen molar-refractivity contribution < 1.29 is 13.2 Å². The summed E-state index contributed by atoms with van der Waals surface area (Å²) < 4.78 is 26.9. The highest BCUT2D eigenvalue weighted by atomic mass is 32.2. The molecule has 2 aromatic rings. The second-order valence-corrected chi connectivity index (χ2v) is 10.1. The number of nitrogens with two attached hydrogens (primary N) is 1. The van der Waals surface area contributed by atoms with Gasteiger partial charge in [-0.1, -0.05) is 19.1 Å². The molecular formula is C20H27N7O3S. The number of carbonyl (C=O) groups is 1. The number of nitrogens with zero attached hydrogens (tertiary/aromatic N) is 4. The average molecular weight is 446 g/mol. The van der Waals surface area contributed by atoms with Crippen LogP contribution in [0.25, 0.3) is 0 Å². The number of aromatic amines is 1. The number of sulfonamides is 1. The first-order valence-electron chi connectivity index (χ1n) is 10.3. The fourth-order valence-corrected chi connectivity index (χ4v) is 5.68. The van der Waals surface area contributed by atoms with E-state index in [4.69, 9.17) is 11.1 Å². The number of hydrogen-bond donors (Lipinski definition) is 3. The first-order chi connectivity index (χ1) is 14.8. The van der Waals surface area contributed by atoms with Crippen LogP contribution < -0.4 is 10.6 Å². The maximum Gasteiger partial charge on any atom is 0.324 e. The molecular weight excluding hydrogens is 418 g/mol. The summed E-state index contributed by atoms with van der Waals surface area (Å²) in [5.41, 5.74) is 6.90. The van der Waals surface area contributed by atoms with E-state index in [1.54, 1.807) is 23.1 Å². The average Bonchev–Trinajstić information content (AvgIpc) is 3.31. The highest BCUT2D eigenvalue weighted by molar-refractivity contribution is 7.89. The van der Waals surface area contributed by atoms with Crippen molar-refractivity contribution in [2.75, 3.05) is 31.1 Å². The third kappa shape index (κ3) is 4.15. The summed E-state index contributed by atoms with van der Waals surface area (Å²) in [6.45, 7) is 4.04. The van der Waals surface area contributed by atoms with Crippen molar-refractivity contribution in [1.82, 2.24) is 19.4 Å². The zero-order valence-corrected chi connectivity index (χ0v) is 18.2. The number of anilines is 1. The third-order valence-electron chi connectivity index (χ3n) is 5.92. The predicted octanol–water partition coefficient (Wildman–Crippen LogP) is 1.43. The molecule has 31 heavy (non-hydrogen) atoms. The van der Waals surface area contributed by atoms with Crippen molar-refractivity contribution in [2.45, 2.75) is 30.7 Å². The number of H-pyrrole nitrogens is 1. The molecule has 2 amide bonds. The minimum atomic E-state index is -3.57. The summed E-state index contributed by atoms with van der Waals surface area (Å²) in [7, 11) is -3.57. The second kappa shape index (κ2) is 8.31. The van der Waals surface area contributed by atoms with E-state index in [-0.39, 0.29) is 28.7 Å². The molecule has 1 atom stereocenters. The summed E-state index contributed by atoms with van der Waals surface area (Å²) in [4.78, 5) is 17.1. The van der Waals surface area contributed by atoms with Gasteiger partial charge in [0.05, 0.1) is 6.20 Å². The molecule has 2 aliphatic rings. The lowest BCUT2D eigenvalue weighted by Crippen LogP contribution is -2.58. The van der Waals surface area contributed by atoms with Crippen molar-refractivity contribution in [2.24, 2.45) is 11.7 Å². The highest BCUT2D eigenvalue weighted by Gasteiger charge is 2.38. The van der Waals surface area contributed by atoms with Crippen molar-refractivity contribution in [3.05, 3.63) is 42.2 Å². The van der Waals surface area contributed by atoms with Crippen LogP contribution in [-0.2, 0) is 10.0 Å². The van der Waals surface area contributed by atoms with Crippen LogP contribution in [0, 0.1) is 11.3 Å². The topological polar surface area (TPSA) is 139 Å². The van der Waals surface area contributed by atoms with Crippen LogP contribution in [0.1, 0.15) is 25.3 Å². The molecule has 0 spiro atoms. The number of carbonyl (C=O) groups excluding carboxylic acids is 1. The maximum atomic E-state index is 13.3. The van der Waals surface area contributed by atoms with Crippen molar-refractivity contribution in [3.63, 3.8) is 0 Å². The Morgan fingerprint density at radius 1 is 1.26 bits per heavy atom. The largest absolute Gasteiger partial charge is 0.384 e. The number of nitrogen functional groups attached to an aromatic ring is 1. The summed E-state index contributed by atoms with van der Waals surface area (Å²) in [6.07, 6.45) is 3.85. The van der Waals surface area contributed by atoms with Gasteiger partial charge in [-0.05, 0) is 30.9 Å². The van der Waals surface area contributed by atoms with E-state index < -0.39 is 10.0 Å². The van der Waals surface area contributed by atoms with E-state index in [2.05, 4.69) is 17.1 Å². The van der Waals surface area contributed by atoms with Crippen LogP contribution in [-0.4, -0.2) is 71.9 Å². The number of nitrogens with one attached hydrogen (secondary N) is 2. The van der Waals surface area contributed by atoms with Gasteiger partial charge in [0.1, 0.15) is 10.7 Å². The monoisotopic (exact) mass is 445 g/mol. The molecule has 2 aliphatic heterocycles. The van der Waals surface area contributed by atoms with Gasteiger partial charge < -0.3 is 10.6 Å². The van der Waals surface area contributed by atoms with E-state index in [1.165, 1.54) is 16.7 Å². The Bertz CT molecular complexity index is 1060. The van der Waals surface area contributed by atoms with Gasteiger partial charge in [-0.15, -0.1) is 0 Å². The number of amidine groups is 1. The first-order valence-corrected chi connectivity index (χ1v) is 11.7. The zero-order valence-electron chi connectivity index (χ0n) is 17.4. The van der Waals surface area contributed by atoms with E-state index in [1.807, 2.05) is 11.0 Å². The normalized spacial score (nSPS) is 21.5. The molecule has 4 rings (SSSR count). The predicted molar refractivity (Wildman–Crippen MR) is 116 cm³/mol. The fraction of sp³-hybridized carbons (Fsp3) is 0.450. The number of piperidine rings is 1. The maximum absolute atomic E-state index is 13.3. The molecule has 2 saturated heterocycles. The lowest BCUT2D eigenvalue weighted by atomic mass is 10.00. The standard InChI is InChI=1S/C20H27N7O3S/c1-14-12-26(20(28)27(13-14)17-4-2-3-15(9-17)19(21)22)16-5-7-25(8-6-16)31(29,30)18-10-23-24-11-18/h2-4,9-11,14,16H,5-8,12-13H2,1H3,(H3,21,22)(H,23,24). The Hall–Kier alpha value is -2.92. The van der Waals surface area contributed by atoms with Gasteiger partial charge >= 0.3 is 6.03 Å². The van der Waals surface area contributed by atoms with Gasteiger partial charge in [0, 0.05) is 49.7 Å². The molecule has 3 heterocycles. The van der Waals surface area contributed by atoms with Crippen LogP contribution in [0.3, 0.4) is 0 Å². The van der Waals surface area contributed by atoms with Crippen LogP contribution in [0.4, 0.5) is 10.5 Å². The molecule has 0 aliphatic carbocycles. The van der Waals surface area contributed by atoms with Crippen molar-refractivity contribution in [1.29, 1.82) is 5.41 Å². The van der Waals surface area contributed by atoms with Crippen LogP contribution >= 0.6 is 0 Å². The Kier molecular flexibility index (Phi) is 5.71. The Morgan fingerprint density at radius 3 is 2.65 bits per heavy atom. The van der Waals surface area contributed by atoms with E-state index in [0.717, 1.165) is 0 Å². The second-order valence-electron chi connectivity index (χ2n) is 8.18. The lowest BCUT2D eigenvalue weighted by Gasteiger charge is -2.45. The number of benzene rings is 1. The first kappa shape index (κ1) is 21.3. The molecule has 166 valence electrons. The van der Waals surface area contributed by atoms with Gasteiger partial charge in [0.15, 0.2) is 0 Å². The third-order valence-corrected chi connectivity index (χ3v) is 7.79. The minimum Gasteiger partial charge on any atom is -0.384 e. The van der Waals surface area contributed by atoms with Gasteiger partial charge in [-0.3, -0.25) is 15.4 Å². The number of aromatic nitrogens is 2. The van der Waals surface area contributed by atoms with E-state index in [0.29, 0.717) is 50.3 Å². The van der Waals surface area contributed by atoms with Crippen LogP contribution in [0.15, 0.2) is 41.6 Å². The number of urea groups is 1. The number of rotatable bonds is 5. The molecule has 0 saturated carbocycles. The zero-order chi connectivity index (χ0) is 22.2. The summed E-state index contributed by atoms with van der Waals surface area (Å²) in [5, 5.41) is 13.9. The summed E-state index contributed by atoms with van der Waals surface area (Å²) in [5.74, 6) is 0.216. The quantitative estimate of drug-likeness (QED) is 0.472. The van der Waals surface area contributed by atoms with E-state index in [9.17, 15) is 13.2 Å². The molecule has 1 aromatic heterocycles. The fourth-order valence-electron chi connectivity index (χ4n) is 4.30. The smallest absolute Gasteiger partial charge is 0.324 e. The molecule has 4 N–H and O–H groups in total. The van der Waals surface area contributed by atoms with Crippen molar-refractivity contribution in [3.8, 4) is 0 Å². The molecule has 1 aromatic carbocycles. The SMILES string of the molecule is CC1CN(c2cccc(C(=N)N)c2)C(=O)N(C2CCN(S(=O)(=O)c3cn[nH]c3)CC2)C1. The summed E-state index contributed by atoms with van der Waals surface area (Å²) >= 11 is 0. The molecule has 1 unspecified atom stereocenters. The number of hydrogen-bond acceptors (Lipinski definition) is 5. The van der Waals surface area contributed by atoms with Gasteiger partial charge in [0.2, 0.25) is 10.0 Å². The Labute approximate surface area is 181 Å². The molecule has 10 nitrogen and oxygen atoms in total. The summed E-state index contributed by atoms with van der Waals surface area (Å²) in [6, 6.07) is 7.04. The molecule has 2 fully saturated rings.